The monoisotopic (exact) mass is 413 g/mol. The molecule has 3 rings (SSSR count). The number of anilines is 1. The molecule has 8 nitrogen and oxygen atoms in total. The lowest BCUT2D eigenvalue weighted by molar-refractivity contribution is 0.0595. The number of likely N-dealkylation sites (tertiary alicyclic amines) is 1. The van der Waals surface area contributed by atoms with Crippen molar-refractivity contribution >= 4 is 17.9 Å². The Bertz CT molecular complexity index is 874. The zero-order valence-electron chi connectivity index (χ0n) is 17.5. The fourth-order valence-corrected chi connectivity index (χ4v) is 3.50. The standard InChI is InChI=1S/C22H27N3O5/c1-15-9-10-17(13-25(15)22(27)30-14-16-7-5-4-6-8-16)24-20-19(21(26)29-3)18(28-2)11-12-23-20/h4-8,11-12,15,17H,9-10,13-14H2,1-3H3,(H,23,24)/t15-,17-/m1/s1. The normalized spacial score (nSPS) is 18.4. The summed E-state index contributed by atoms with van der Waals surface area (Å²) in [6.45, 7) is 2.67. The zero-order chi connectivity index (χ0) is 21.5. The number of nitrogens with one attached hydrogen (secondary N) is 1. The van der Waals surface area contributed by atoms with Crippen LogP contribution in [0.5, 0.6) is 5.75 Å². The van der Waals surface area contributed by atoms with E-state index in [-0.39, 0.29) is 30.3 Å². The number of amides is 1. The number of piperidine rings is 1. The molecule has 0 saturated carbocycles. The summed E-state index contributed by atoms with van der Waals surface area (Å²) in [7, 11) is 2.80. The summed E-state index contributed by atoms with van der Waals surface area (Å²) in [5.41, 5.74) is 1.17. The van der Waals surface area contributed by atoms with Crippen LogP contribution in [0.25, 0.3) is 0 Å². The Morgan fingerprint density at radius 1 is 1.17 bits per heavy atom. The molecule has 30 heavy (non-hydrogen) atoms. The van der Waals surface area contributed by atoms with E-state index in [0.29, 0.717) is 18.1 Å². The molecule has 1 aromatic heterocycles. The molecular formula is C22H27N3O5. The fraction of sp³-hybridized carbons (Fsp3) is 0.409. The Hall–Kier alpha value is -3.29. The average molecular weight is 413 g/mol. The van der Waals surface area contributed by atoms with Crippen molar-refractivity contribution in [2.75, 3.05) is 26.1 Å². The molecule has 1 aromatic carbocycles. The predicted octanol–water partition coefficient (Wildman–Crippen LogP) is 3.48. The molecule has 1 aliphatic heterocycles. The molecule has 1 aliphatic rings. The van der Waals surface area contributed by atoms with Gasteiger partial charge in [0.15, 0.2) is 0 Å². The minimum atomic E-state index is -0.536. The third kappa shape index (κ3) is 5.00. The highest BCUT2D eigenvalue weighted by Crippen LogP contribution is 2.28. The minimum absolute atomic E-state index is 0.0599. The first-order valence-corrected chi connectivity index (χ1v) is 9.88. The van der Waals surface area contributed by atoms with Crippen LogP contribution in [0.4, 0.5) is 10.6 Å². The Kier molecular flexibility index (Phi) is 7.11. The van der Waals surface area contributed by atoms with E-state index in [1.165, 1.54) is 14.2 Å². The van der Waals surface area contributed by atoms with Crippen molar-refractivity contribution in [2.45, 2.75) is 38.5 Å². The molecule has 2 atom stereocenters. The first-order valence-electron chi connectivity index (χ1n) is 9.88. The van der Waals surface area contributed by atoms with Crippen molar-refractivity contribution in [3.8, 4) is 5.75 Å². The quantitative estimate of drug-likeness (QED) is 0.725. The molecule has 0 bridgehead atoms. The summed E-state index contributed by atoms with van der Waals surface area (Å²) in [6, 6.07) is 11.1. The van der Waals surface area contributed by atoms with Gasteiger partial charge in [-0.05, 0) is 31.4 Å². The van der Waals surface area contributed by atoms with Gasteiger partial charge in [-0.15, -0.1) is 0 Å². The highest BCUT2D eigenvalue weighted by Gasteiger charge is 2.31. The van der Waals surface area contributed by atoms with Crippen molar-refractivity contribution in [3.63, 3.8) is 0 Å². The van der Waals surface area contributed by atoms with E-state index in [1.54, 1.807) is 17.2 Å². The number of aromatic nitrogens is 1. The van der Waals surface area contributed by atoms with E-state index in [1.807, 2.05) is 37.3 Å². The van der Waals surface area contributed by atoms with Gasteiger partial charge in [0.05, 0.1) is 14.2 Å². The van der Waals surface area contributed by atoms with Gasteiger partial charge < -0.3 is 24.4 Å². The van der Waals surface area contributed by atoms with Crippen LogP contribution < -0.4 is 10.1 Å². The van der Waals surface area contributed by atoms with E-state index >= 15 is 0 Å². The predicted molar refractivity (Wildman–Crippen MR) is 112 cm³/mol. The highest BCUT2D eigenvalue weighted by molar-refractivity contribution is 5.97. The van der Waals surface area contributed by atoms with Gasteiger partial charge in [0, 0.05) is 24.8 Å². The van der Waals surface area contributed by atoms with Crippen LogP contribution in [0.2, 0.25) is 0 Å². The first kappa shape index (κ1) is 21.4. The molecule has 0 radical (unpaired) electrons. The second-order valence-electron chi connectivity index (χ2n) is 7.19. The summed E-state index contributed by atoms with van der Waals surface area (Å²) in [6.07, 6.45) is 2.83. The van der Waals surface area contributed by atoms with Crippen molar-refractivity contribution in [2.24, 2.45) is 0 Å². The summed E-state index contributed by atoms with van der Waals surface area (Å²) in [4.78, 5) is 30.9. The summed E-state index contributed by atoms with van der Waals surface area (Å²) >= 11 is 0. The van der Waals surface area contributed by atoms with Crippen molar-refractivity contribution in [3.05, 3.63) is 53.7 Å². The maximum atomic E-state index is 12.7. The second-order valence-corrected chi connectivity index (χ2v) is 7.19. The molecule has 8 heteroatoms. The number of esters is 1. The van der Waals surface area contributed by atoms with Gasteiger partial charge in [-0.2, -0.15) is 0 Å². The zero-order valence-corrected chi connectivity index (χ0v) is 17.5. The van der Waals surface area contributed by atoms with Crippen LogP contribution in [0.1, 0.15) is 35.7 Å². The molecule has 0 spiro atoms. The Balaban J connectivity index is 1.68. The number of benzene rings is 1. The number of methoxy groups -OCH3 is 2. The van der Waals surface area contributed by atoms with E-state index in [0.717, 1.165) is 18.4 Å². The maximum Gasteiger partial charge on any atom is 0.410 e. The summed E-state index contributed by atoms with van der Waals surface area (Å²) in [5, 5.41) is 3.28. The van der Waals surface area contributed by atoms with Gasteiger partial charge in [-0.25, -0.2) is 14.6 Å². The first-order chi connectivity index (χ1) is 14.5. The number of hydrogen-bond donors (Lipinski definition) is 1. The van der Waals surface area contributed by atoms with E-state index in [4.69, 9.17) is 14.2 Å². The number of rotatable bonds is 6. The van der Waals surface area contributed by atoms with Gasteiger partial charge in [-0.1, -0.05) is 30.3 Å². The number of carbonyl (C=O) groups excluding carboxylic acids is 2. The third-order valence-corrected chi connectivity index (χ3v) is 5.18. The average Bonchev–Trinajstić information content (AvgIpc) is 2.78. The fourth-order valence-electron chi connectivity index (χ4n) is 3.50. The summed E-state index contributed by atoms with van der Waals surface area (Å²) in [5.74, 6) is 0.215. The molecular weight excluding hydrogens is 386 g/mol. The maximum absolute atomic E-state index is 12.7. The largest absolute Gasteiger partial charge is 0.496 e. The van der Waals surface area contributed by atoms with E-state index in [2.05, 4.69) is 10.3 Å². The lowest BCUT2D eigenvalue weighted by Crippen LogP contribution is -2.50. The van der Waals surface area contributed by atoms with Gasteiger partial charge >= 0.3 is 12.1 Å². The van der Waals surface area contributed by atoms with Gasteiger partial charge in [-0.3, -0.25) is 0 Å². The number of nitrogens with zero attached hydrogens (tertiary/aromatic N) is 2. The number of carbonyl (C=O) groups is 2. The molecule has 0 unspecified atom stereocenters. The van der Waals surface area contributed by atoms with Gasteiger partial charge in [0.25, 0.3) is 0 Å². The molecule has 1 N–H and O–H groups in total. The smallest absolute Gasteiger partial charge is 0.410 e. The molecule has 0 aliphatic carbocycles. The van der Waals surface area contributed by atoms with Crippen molar-refractivity contribution in [1.29, 1.82) is 0 Å². The van der Waals surface area contributed by atoms with Crippen LogP contribution >= 0.6 is 0 Å². The minimum Gasteiger partial charge on any atom is -0.496 e. The van der Waals surface area contributed by atoms with Gasteiger partial charge in [0.2, 0.25) is 0 Å². The van der Waals surface area contributed by atoms with Crippen LogP contribution in [0.15, 0.2) is 42.6 Å². The van der Waals surface area contributed by atoms with E-state index < -0.39 is 5.97 Å². The van der Waals surface area contributed by atoms with Crippen LogP contribution in [0.3, 0.4) is 0 Å². The summed E-state index contributed by atoms with van der Waals surface area (Å²) < 4.78 is 15.7. The van der Waals surface area contributed by atoms with Crippen LogP contribution in [-0.4, -0.2) is 54.8 Å². The lowest BCUT2D eigenvalue weighted by Gasteiger charge is -2.37. The SMILES string of the molecule is COC(=O)c1c(OC)ccnc1N[C@@H]1CC[C@@H](C)N(C(=O)OCc2ccccc2)C1. The van der Waals surface area contributed by atoms with Crippen LogP contribution in [-0.2, 0) is 16.1 Å². The molecule has 1 amide bonds. The Labute approximate surface area is 176 Å². The highest BCUT2D eigenvalue weighted by atomic mass is 16.6. The Morgan fingerprint density at radius 3 is 2.63 bits per heavy atom. The van der Waals surface area contributed by atoms with Gasteiger partial charge in [0.1, 0.15) is 23.7 Å². The lowest BCUT2D eigenvalue weighted by atomic mass is 9.99. The number of hydrogen-bond acceptors (Lipinski definition) is 7. The molecule has 1 saturated heterocycles. The Morgan fingerprint density at radius 2 is 1.93 bits per heavy atom. The second kappa shape index (κ2) is 9.96. The van der Waals surface area contributed by atoms with Crippen molar-refractivity contribution < 1.29 is 23.8 Å². The van der Waals surface area contributed by atoms with Crippen LogP contribution in [0, 0.1) is 0 Å². The molecule has 2 heterocycles. The molecule has 2 aromatic rings. The molecule has 160 valence electrons. The number of ether oxygens (including phenoxy) is 3. The van der Waals surface area contributed by atoms with Crippen molar-refractivity contribution in [1.82, 2.24) is 9.88 Å². The molecule has 1 fully saturated rings. The third-order valence-electron chi connectivity index (χ3n) is 5.18. The number of pyridine rings is 1. The van der Waals surface area contributed by atoms with E-state index in [9.17, 15) is 9.59 Å². The topological polar surface area (TPSA) is 90.0 Å².